The highest BCUT2D eigenvalue weighted by Gasteiger charge is 2.30. The van der Waals surface area contributed by atoms with Crippen LogP contribution in [0, 0.1) is 0 Å². The van der Waals surface area contributed by atoms with Crippen LogP contribution in [0.2, 0.25) is 0 Å². The summed E-state index contributed by atoms with van der Waals surface area (Å²) in [4.78, 5) is 0. The van der Waals surface area contributed by atoms with E-state index in [4.69, 9.17) is 16.3 Å². The van der Waals surface area contributed by atoms with Gasteiger partial charge in [0.15, 0.2) is 0 Å². The van der Waals surface area contributed by atoms with E-state index in [1.807, 2.05) is 0 Å². The lowest BCUT2D eigenvalue weighted by atomic mass is 10.1. The Hall–Kier alpha value is -1.16. The zero-order chi connectivity index (χ0) is 12.2. The number of rotatable bonds is 3. The Morgan fingerprint density at radius 3 is 2.56 bits per heavy atom. The minimum atomic E-state index is -4.35. The lowest BCUT2D eigenvalue weighted by molar-refractivity contribution is -0.137. The Bertz CT molecular complexity index is 385. The van der Waals surface area contributed by atoms with E-state index < -0.39 is 11.7 Å². The first-order valence-corrected chi connectivity index (χ1v) is 5.00. The van der Waals surface area contributed by atoms with Gasteiger partial charge in [-0.15, -0.1) is 11.6 Å². The number of methoxy groups -OCH3 is 1. The Kier molecular flexibility index (Phi) is 4.24. The van der Waals surface area contributed by atoms with Gasteiger partial charge in [0.05, 0.1) is 12.7 Å². The highest BCUT2D eigenvalue weighted by molar-refractivity contribution is 6.19. The van der Waals surface area contributed by atoms with Gasteiger partial charge in [-0.1, -0.05) is 12.2 Å². The summed E-state index contributed by atoms with van der Waals surface area (Å²) in [6, 6.07) is 3.30. The van der Waals surface area contributed by atoms with E-state index in [-0.39, 0.29) is 5.88 Å². The molecule has 0 saturated carbocycles. The Labute approximate surface area is 96.5 Å². The molecule has 0 fully saturated rings. The minimum absolute atomic E-state index is 0.236. The third-order valence-corrected chi connectivity index (χ3v) is 2.12. The predicted octanol–water partition coefficient (Wildman–Crippen LogP) is 3.97. The first-order chi connectivity index (χ1) is 7.49. The van der Waals surface area contributed by atoms with Crippen molar-refractivity contribution in [2.45, 2.75) is 6.18 Å². The minimum Gasteiger partial charge on any atom is -0.496 e. The van der Waals surface area contributed by atoms with Gasteiger partial charge < -0.3 is 4.74 Å². The number of alkyl halides is 4. The molecule has 0 aliphatic rings. The van der Waals surface area contributed by atoms with Crippen LogP contribution in [0.4, 0.5) is 13.2 Å². The molecule has 0 amide bonds. The molecule has 1 nitrogen and oxygen atoms in total. The molecule has 16 heavy (non-hydrogen) atoms. The zero-order valence-electron chi connectivity index (χ0n) is 8.51. The molecule has 0 N–H and O–H groups in total. The van der Waals surface area contributed by atoms with Crippen LogP contribution < -0.4 is 4.74 Å². The van der Waals surface area contributed by atoms with Crippen molar-refractivity contribution >= 4 is 17.7 Å². The molecule has 5 heteroatoms. The molecule has 0 aliphatic heterocycles. The molecule has 88 valence electrons. The number of halogens is 4. The number of allylic oxidation sites excluding steroid dienone is 1. The van der Waals surface area contributed by atoms with Gasteiger partial charge in [0.1, 0.15) is 5.75 Å². The Balaban J connectivity index is 3.16. The Morgan fingerprint density at radius 2 is 2.06 bits per heavy atom. The zero-order valence-corrected chi connectivity index (χ0v) is 9.27. The molecule has 0 aliphatic carbocycles. The number of benzene rings is 1. The third-order valence-electron chi connectivity index (χ3n) is 1.94. The monoisotopic (exact) mass is 250 g/mol. The van der Waals surface area contributed by atoms with Crippen molar-refractivity contribution in [3.63, 3.8) is 0 Å². The molecule has 0 bridgehead atoms. The topological polar surface area (TPSA) is 9.23 Å². The van der Waals surface area contributed by atoms with Crippen molar-refractivity contribution < 1.29 is 17.9 Å². The maximum absolute atomic E-state index is 12.4. The summed E-state index contributed by atoms with van der Waals surface area (Å²) in [5, 5.41) is 0. The summed E-state index contributed by atoms with van der Waals surface area (Å²) >= 11 is 5.43. The Morgan fingerprint density at radius 1 is 1.38 bits per heavy atom. The maximum Gasteiger partial charge on any atom is 0.416 e. The number of ether oxygens (including phenoxy) is 1. The van der Waals surface area contributed by atoms with Crippen LogP contribution >= 0.6 is 11.6 Å². The molecule has 0 atom stereocenters. The second-order valence-electron chi connectivity index (χ2n) is 3.01. The average Bonchev–Trinajstić information content (AvgIpc) is 2.24. The van der Waals surface area contributed by atoms with Crippen molar-refractivity contribution in [1.29, 1.82) is 0 Å². The fourth-order valence-corrected chi connectivity index (χ4v) is 1.30. The molecule has 1 aromatic rings. The SMILES string of the molecule is COc1ccc(C(F)(F)F)cc1C=CCCl. The average molecular weight is 251 g/mol. The molecule has 0 aromatic heterocycles. The van der Waals surface area contributed by atoms with Crippen molar-refractivity contribution in [3.8, 4) is 5.75 Å². The van der Waals surface area contributed by atoms with E-state index in [1.54, 1.807) is 6.08 Å². The van der Waals surface area contributed by atoms with E-state index in [0.717, 1.165) is 12.1 Å². The first-order valence-electron chi connectivity index (χ1n) is 4.46. The standard InChI is InChI=1S/C11H10ClF3O/c1-16-10-5-4-9(11(13,14)15)7-8(10)3-2-6-12/h2-5,7H,6H2,1H3. The molecule has 1 aromatic carbocycles. The van der Waals surface area contributed by atoms with Crippen LogP contribution in [-0.2, 0) is 6.18 Å². The molecule has 1 rings (SSSR count). The summed E-state index contributed by atoms with van der Waals surface area (Å²) < 4.78 is 42.3. The molecular weight excluding hydrogens is 241 g/mol. The predicted molar refractivity (Wildman–Crippen MR) is 57.8 cm³/mol. The van der Waals surface area contributed by atoms with Crippen LogP contribution in [-0.4, -0.2) is 13.0 Å². The maximum atomic E-state index is 12.4. The normalized spacial score (nSPS) is 12.1. The summed E-state index contributed by atoms with van der Waals surface area (Å²) in [7, 11) is 1.40. The van der Waals surface area contributed by atoms with Gasteiger partial charge in [-0.3, -0.25) is 0 Å². The number of hydrogen-bond donors (Lipinski definition) is 0. The molecule has 0 heterocycles. The smallest absolute Gasteiger partial charge is 0.416 e. The van der Waals surface area contributed by atoms with Crippen molar-refractivity contribution in [1.82, 2.24) is 0 Å². The molecular formula is C11H10ClF3O. The molecule has 0 saturated heterocycles. The van der Waals surface area contributed by atoms with E-state index in [9.17, 15) is 13.2 Å². The van der Waals surface area contributed by atoms with Crippen molar-refractivity contribution in [3.05, 3.63) is 35.4 Å². The second kappa shape index (κ2) is 5.25. The van der Waals surface area contributed by atoms with Crippen LogP contribution in [0.5, 0.6) is 5.75 Å². The van der Waals surface area contributed by atoms with Crippen molar-refractivity contribution in [2.24, 2.45) is 0 Å². The highest BCUT2D eigenvalue weighted by Crippen LogP contribution is 2.32. The quantitative estimate of drug-likeness (QED) is 0.738. The van der Waals surface area contributed by atoms with E-state index in [2.05, 4.69) is 0 Å². The van der Waals surface area contributed by atoms with Gasteiger partial charge in [-0.25, -0.2) is 0 Å². The van der Waals surface area contributed by atoms with Gasteiger partial charge >= 0.3 is 6.18 Å². The van der Waals surface area contributed by atoms with E-state index >= 15 is 0 Å². The summed E-state index contributed by atoms with van der Waals surface area (Å²) in [6.07, 6.45) is -1.30. The fourth-order valence-electron chi connectivity index (χ4n) is 1.21. The fraction of sp³-hybridized carbons (Fsp3) is 0.273. The van der Waals surface area contributed by atoms with Crippen LogP contribution in [0.3, 0.4) is 0 Å². The summed E-state index contributed by atoms with van der Waals surface area (Å²) in [5.41, 5.74) is -0.347. The largest absolute Gasteiger partial charge is 0.496 e. The van der Waals surface area contributed by atoms with Gasteiger partial charge in [-0.05, 0) is 18.2 Å². The summed E-state index contributed by atoms with van der Waals surface area (Å²) in [5.74, 6) is 0.619. The highest BCUT2D eigenvalue weighted by atomic mass is 35.5. The van der Waals surface area contributed by atoms with Gasteiger partial charge in [-0.2, -0.15) is 13.2 Å². The summed E-state index contributed by atoms with van der Waals surface area (Å²) in [6.45, 7) is 0. The van der Waals surface area contributed by atoms with Gasteiger partial charge in [0.2, 0.25) is 0 Å². The third kappa shape index (κ3) is 3.17. The number of hydrogen-bond acceptors (Lipinski definition) is 1. The van der Waals surface area contributed by atoms with Crippen molar-refractivity contribution in [2.75, 3.05) is 13.0 Å². The second-order valence-corrected chi connectivity index (χ2v) is 3.32. The lowest BCUT2D eigenvalue weighted by Crippen LogP contribution is -2.05. The first kappa shape index (κ1) is 12.9. The van der Waals surface area contributed by atoms with Gasteiger partial charge in [0.25, 0.3) is 0 Å². The molecule has 0 spiro atoms. The van der Waals surface area contributed by atoms with Crippen LogP contribution in [0.15, 0.2) is 24.3 Å². The molecule has 0 radical (unpaired) electrons. The van der Waals surface area contributed by atoms with E-state index in [0.29, 0.717) is 11.3 Å². The molecule has 0 unspecified atom stereocenters. The van der Waals surface area contributed by atoms with Crippen LogP contribution in [0.25, 0.3) is 6.08 Å². The van der Waals surface area contributed by atoms with Crippen LogP contribution in [0.1, 0.15) is 11.1 Å². The van der Waals surface area contributed by atoms with E-state index in [1.165, 1.54) is 19.3 Å². The lowest BCUT2D eigenvalue weighted by Gasteiger charge is -2.10. The van der Waals surface area contributed by atoms with Gasteiger partial charge in [0, 0.05) is 11.4 Å².